The van der Waals surface area contributed by atoms with E-state index in [2.05, 4.69) is 22.8 Å². The number of amides is 1. The van der Waals surface area contributed by atoms with Crippen molar-refractivity contribution in [1.82, 2.24) is 5.32 Å². The first-order valence-corrected chi connectivity index (χ1v) is 7.45. The molecule has 1 heterocycles. The Morgan fingerprint density at radius 2 is 1.90 bits per heavy atom. The summed E-state index contributed by atoms with van der Waals surface area (Å²) in [6.07, 6.45) is 0.674. The van der Waals surface area contributed by atoms with E-state index in [-0.39, 0.29) is 11.9 Å². The van der Waals surface area contributed by atoms with E-state index in [1.54, 1.807) is 18.2 Å². The molecule has 0 aromatic heterocycles. The minimum Gasteiger partial charge on any atom is -0.323 e. The van der Waals surface area contributed by atoms with E-state index < -0.39 is 0 Å². The second-order valence-electron chi connectivity index (χ2n) is 5.02. The number of rotatable bonds is 2. The van der Waals surface area contributed by atoms with Crippen LogP contribution in [-0.4, -0.2) is 11.9 Å². The fourth-order valence-electron chi connectivity index (χ4n) is 2.45. The molecular weight excluding hydrogens is 307 g/mol. The van der Waals surface area contributed by atoms with Crippen LogP contribution in [0.15, 0.2) is 42.5 Å². The maximum atomic E-state index is 12.3. The van der Waals surface area contributed by atoms with Gasteiger partial charge in [-0.15, -0.1) is 0 Å². The highest BCUT2D eigenvalue weighted by molar-refractivity contribution is 6.36. The van der Waals surface area contributed by atoms with Crippen LogP contribution in [0.3, 0.4) is 0 Å². The van der Waals surface area contributed by atoms with Crippen molar-refractivity contribution in [1.29, 1.82) is 0 Å². The van der Waals surface area contributed by atoms with Crippen LogP contribution in [0.25, 0.3) is 0 Å². The number of halogens is 2. The van der Waals surface area contributed by atoms with Gasteiger partial charge in [-0.05, 0) is 35.7 Å². The molecule has 0 fully saturated rings. The zero-order valence-electron chi connectivity index (χ0n) is 11.2. The molecule has 1 aliphatic rings. The Bertz CT molecular complexity index is 688. The van der Waals surface area contributed by atoms with Crippen molar-refractivity contribution in [3.8, 4) is 0 Å². The maximum absolute atomic E-state index is 12.3. The molecule has 21 heavy (non-hydrogen) atoms. The van der Waals surface area contributed by atoms with Gasteiger partial charge in [0.15, 0.2) is 0 Å². The first kappa shape index (κ1) is 14.4. The van der Waals surface area contributed by atoms with Gasteiger partial charge in [-0.3, -0.25) is 4.79 Å². The summed E-state index contributed by atoms with van der Waals surface area (Å²) in [6.45, 7) is 0.697. The molecule has 0 radical (unpaired) electrons. The third kappa shape index (κ3) is 3.21. The van der Waals surface area contributed by atoms with Gasteiger partial charge in [0.1, 0.15) is 0 Å². The third-order valence-corrected chi connectivity index (χ3v) is 4.13. The third-order valence-electron chi connectivity index (χ3n) is 3.59. The molecule has 1 aliphatic heterocycles. The lowest BCUT2D eigenvalue weighted by Gasteiger charge is -2.25. The minimum absolute atomic E-state index is 0.0891. The molecule has 1 amide bonds. The molecule has 2 aromatic carbocycles. The molecule has 5 heteroatoms. The Hall–Kier alpha value is -1.55. The average molecular weight is 321 g/mol. The Labute approximate surface area is 133 Å². The van der Waals surface area contributed by atoms with Gasteiger partial charge >= 0.3 is 0 Å². The van der Waals surface area contributed by atoms with Crippen LogP contribution in [0.1, 0.15) is 11.1 Å². The fraction of sp³-hybridized carbons (Fsp3) is 0.188. The largest absolute Gasteiger partial charge is 0.323 e. The zero-order chi connectivity index (χ0) is 14.8. The van der Waals surface area contributed by atoms with Gasteiger partial charge in [0, 0.05) is 11.6 Å². The van der Waals surface area contributed by atoms with Crippen molar-refractivity contribution in [2.75, 3.05) is 5.32 Å². The van der Waals surface area contributed by atoms with Crippen molar-refractivity contribution in [2.45, 2.75) is 19.0 Å². The van der Waals surface area contributed by atoms with Crippen molar-refractivity contribution in [3.63, 3.8) is 0 Å². The quantitative estimate of drug-likeness (QED) is 0.886. The molecule has 3 rings (SSSR count). The lowest BCUT2D eigenvalue weighted by molar-refractivity contribution is -0.118. The van der Waals surface area contributed by atoms with Crippen LogP contribution in [0, 0.1) is 0 Å². The summed E-state index contributed by atoms with van der Waals surface area (Å²) >= 11 is 11.9. The van der Waals surface area contributed by atoms with Crippen LogP contribution >= 0.6 is 23.2 Å². The Morgan fingerprint density at radius 1 is 1.14 bits per heavy atom. The van der Waals surface area contributed by atoms with E-state index in [0.29, 0.717) is 28.7 Å². The molecule has 1 unspecified atom stereocenters. The second-order valence-corrected chi connectivity index (χ2v) is 5.86. The van der Waals surface area contributed by atoms with E-state index >= 15 is 0 Å². The van der Waals surface area contributed by atoms with E-state index in [9.17, 15) is 4.79 Å². The normalized spacial score (nSPS) is 17.1. The van der Waals surface area contributed by atoms with Gasteiger partial charge < -0.3 is 10.6 Å². The van der Waals surface area contributed by atoms with Crippen molar-refractivity contribution < 1.29 is 4.79 Å². The van der Waals surface area contributed by atoms with Crippen LogP contribution in [0.2, 0.25) is 10.0 Å². The molecule has 0 saturated carbocycles. The predicted octanol–water partition coefficient (Wildman–Crippen LogP) is 3.65. The van der Waals surface area contributed by atoms with Crippen molar-refractivity contribution in [3.05, 3.63) is 63.6 Å². The van der Waals surface area contributed by atoms with Gasteiger partial charge in [0.05, 0.1) is 16.8 Å². The lowest BCUT2D eigenvalue weighted by Crippen LogP contribution is -2.44. The molecule has 2 N–H and O–H groups in total. The zero-order valence-corrected chi connectivity index (χ0v) is 12.7. The highest BCUT2D eigenvalue weighted by Gasteiger charge is 2.24. The van der Waals surface area contributed by atoms with E-state index in [4.69, 9.17) is 23.2 Å². The average Bonchev–Trinajstić information content (AvgIpc) is 2.49. The number of nitrogens with one attached hydrogen (secondary N) is 2. The summed E-state index contributed by atoms with van der Waals surface area (Å²) in [6, 6.07) is 12.9. The number of fused-ring (bicyclic) bond motifs is 1. The molecule has 0 bridgehead atoms. The number of hydrogen-bond donors (Lipinski definition) is 2. The summed E-state index contributed by atoms with van der Waals surface area (Å²) in [5, 5.41) is 7.07. The smallest absolute Gasteiger partial charge is 0.241 e. The van der Waals surface area contributed by atoms with Gasteiger partial charge in [-0.25, -0.2) is 0 Å². The Morgan fingerprint density at radius 3 is 2.67 bits per heavy atom. The molecule has 3 nitrogen and oxygen atoms in total. The standard InChI is InChI=1S/C16H14Cl2N2O/c17-12-5-6-14(13(18)8-12)20-16(21)15-7-10-3-1-2-4-11(10)9-19-15/h1-6,8,15,19H,7,9H2,(H,20,21). The molecule has 0 saturated heterocycles. The SMILES string of the molecule is O=C(Nc1ccc(Cl)cc1Cl)C1Cc2ccccc2CN1. The molecule has 0 aliphatic carbocycles. The van der Waals surface area contributed by atoms with E-state index in [1.165, 1.54) is 11.1 Å². The summed E-state index contributed by atoms with van der Waals surface area (Å²) in [5.41, 5.74) is 3.02. The fourth-order valence-corrected chi connectivity index (χ4v) is 2.91. The van der Waals surface area contributed by atoms with Crippen molar-refractivity contribution in [2.24, 2.45) is 0 Å². The Balaban J connectivity index is 1.72. The number of carbonyl (C=O) groups excluding carboxylic acids is 1. The molecule has 0 spiro atoms. The maximum Gasteiger partial charge on any atom is 0.241 e. The highest BCUT2D eigenvalue weighted by Crippen LogP contribution is 2.26. The van der Waals surface area contributed by atoms with Crippen LogP contribution in [0.4, 0.5) is 5.69 Å². The summed E-state index contributed by atoms with van der Waals surface area (Å²) in [7, 11) is 0. The molecule has 1 atom stereocenters. The van der Waals surface area contributed by atoms with Gasteiger partial charge in [0.25, 0.3) is 0 Å². The lowest BCUT2D eigenvalue weighted by atomic mass is 9.95. The number of carbonyl (C=O) groups is 1. The number of hydrogen-bond acceptors (Lipinski definition) is 2. The Kier molecular flexibility index (Phi) is 4.15. The van der Waals surface area contributed by atoms with Gasteiger partial charge in [-0.1, -0.05) is 47.5 Å². The summed E-state index contributed by atoms with van der Waals surface area (Å²) in [4.78, 5) is 12.3. The molecule has 2 aromatic rings. The van der Waals surface area contributed by atoms with Crippen molar-refractivity contribution >= 4 is 34.8 Å². The van der Waals surface area contributed by atoms with E-state index in [0.717, 1.165) is 0 Å². The van der Waals surface area contributed by atoms with Crippen LogP contribution in [0.5, 0.6) is 0 Å². The van der Waals surface area contributed by atoms with Crippen LogP contribution in [-0.2, 0) is 17.8 Å². The second kappa shape index (κ2) is 6.06. The first-order chi connectivity index (χ1) is 10.1. The monoisotopic (exact) mass is 320 g/mol. The summed E-state index contributed by atoms with van der Waals surface area (Å²) < 4.78 is 0. The van der Waals surface area contributed by atoms with Gasteiger partial charge in [-0.2, -0.15) is 0 Å². The minimum atomic E-state index is -0.258. The molecule has 108 valence electrons. The highest BCUT2D eigenvalue weighted by atomic mass is 35.5. The first-order valence-electron chi connectivity index (χ1n) is 6.69. The summed E-state index contributed by atoms with van der Waals surface area (Å²) in [5.74, 6) is -0.0891. The predicted molar refractivity (Wildman–Crippen MR) is 85.9 cm³/mol. The number of benzene rings is 2. The molecular formula is C16H14Cl2N2O. The number of anilines is 1. The van der Waals surface area contributed by atoms with Gasteiger partial charge in [0.2, 0.25) is 5.91 Å². The topological polar surface area (TPSA) is 41.1 Å². The van der Waals surface area contributed by atoms with E-state index in [1.807, 2.05) is 12.1 Å². The van der Waals surface area contributed by atoms with Crippen LogP contribution < -0.4 is 10.6 Å².